The summed E-state index contributed by atoms with van der Waals surface area (Å²) in [7, 11) is 1.50. The molecule has 7 heteroatoms. The maximum atomic E-state index is 12.3. The number of likely N-dealkylation sites (tertiary alicyclic amines) is 1. The van der Waals surface area contributed by atoms with Crippen molar-refractivity contribution < 1.29 is 24.0 Å². The van der Waals surface area contributed by atoms with Gasteiger partial charge >= 0.3 is 6.03 Å². The van der Waals surface area contributed by atoms with Crippen LogP contribution in [0.5, 0.6) is 11.5 Å². The highest BCUT2D eigenvalue weighted by Crippen LogP contribution is 2.33. The molecule has 1 unspecified atom stereocenters. The number of nitrogens with one attached hydrogen (secondary N) is 3. The lowest BCUT2D eigenvalue weighted by atomic mass is 10.0. The molecule has 136 valence electrons. The number of urea groups is 1. The van der Waals surface area contributed by atoms with E-state index in [1.165, 1.54) is 11.9 Å². The molecule has 25 heavy (non-hydrogen) atoms. The van der Waals surface area contributed by atoms with E-state index in [1.54, 1.807) is 0 Å². The number of carbonyl (C=O) groups excluding carboxylic acids is 2. The van der Waals surface area contributed by atoms with Crippen molar-refractivity contribution in [2.75, 3.05) is 26.8 Å². The summed E-state index contributed by atoms with van der Waals surface area (Å²) in [5, 5.41) is 4.80. The highest BCUT2D eigenvalue weighted by atomic mass is 16.5. The topological polar surface area (TPSA) is 81.1 Å². The number of hydrogen-bond donors (Lipinski definition) is 3. The standard InChI is InChI=1S/C18H25N3O4/c1-12(17(22)20-18(23)19-2)21-8-3-5-14(21)13-6-7-15-16(11-13)25-10-4-9-24-15/h6-7,11-12,14H,3-5,8-10H2,1-2H3,(H2,19,20,22,23)/p+1/t12-,14+/m0/s1. The van der Waals surface area contributed by atoms with Gasteiger partial charge in [0, 0.05) is 31.9 Å². The van der Waals surface area contributed by atoms with E-state index in [1.807, 2.05) is 19.1 Å². The number of ether oxygens (including phenoxy) is 2. The number of hydrogen-bond acceptors (Lipinski definition) is 4. The lowest BCUT2D eigenvalue weighted by Crippen LogP contribution is -3.15. The predicted octanol–water partition coefficient (Wildman–Crippen LogP) is 0.412. The van der Waals surface area contributed by atoms with Crippen molar-refractivity contribution in [3.05, 3.63) is 23.8 Å². The van der Waals surface area contributed by atoms with E-state index in [9.17, 15) is 9.59 Å². The lowest BCUT2D eigenvalue weighted by molar-refractivity contribution is -0.932. The first-order valence-corrected chi connectivity index (χ1v) is 8.88. The van der Waals surface area contributed by atoms with Crippen LogP contribution < -0.4 is 25.0 Å². The van der Waals surface area contributed by atoms with Crippen LogP contribution in [0.4, 0.5) is 4.79 Å². The number of imide groups is 1. The summed E-state index contributed by atoms with van der Waals surface area (Å²) in [6, 6.07) is 5.50. The van der Waals surface area contributed by atoms with E-state index in [0.29, 0.717) is 13.2 Å². The Bertz CT molecular complexity index is 649. The fourth-order valence-electron chi connectivity index (χ4n) is 3.62. The van der Waals surface area contributed by atoms with Gasteiger partial charge in [-0.2, -0.15) is 0 Å². The SMILES string of the molecule is CNC(=O)NC(=O)[C@H](C)[NH+]1CCC[C@@H]1c1ccc2c(c1)OCCCO2. The number of amides is 3. The third kappa shape index (κ3) is 3.87. The van der Waals surface area contributed by atoms with Crippen LogP contribution in [-0.4, -0.2) is 44.8 Å². The van der Waals surface area contributed by atoms with Gasteiger partial charge < -0.3 is 19.7 Å². The molecule has 0 aromatic heterocycles. The van der Waals surface area contributed by atoms with Gasteiger partial charge in [0.05, 0.1) is 19.8 Å². The Morgan fingerprint density at radius 3 is 2.72 bits per heavy atom. The molecule has 1 saturated heterocycles. The Balaban J connectivity index is 1.76. The van der Waals surface area contributed by atoms with Crippen LogP contribution in [0.2, 0.25) is 0 Å². The van der Waals surface area contributed by atoms with Crippen LogP contribution in [0, 0.1) is 0 Å². The van der Waals surface area contributed by atoms with Gasteiger partial charge in [-0.25, -0.2) is 4.79 Å². The molecule has 0 radical (unpaired) electrons. The zero-order valence-corrected chi connectivity index (χ0v) is 14.8. The average Bonchev–Trinajstić information content (AvgIpc) is 2.99. The molecule has 1 aromatic rings. The molecule has 0 saturated carbocycles. The van der Waals surface area contributed by atoms with Crippen LogP contribution in [0.25, 0.3) is 0 Å². The monoisotopic (exact) mass is 348 g/mol. The normalized spacial score (nSPS) is 23.4. The number of quaternary nitrogens is 1. The minimum Gasteiger partial charge on any atom is -0.490 e. The molecule has 3 atom stereocenters. The molecule has 3 rings (SSSR count). The van der Waals surface area contributed by atoms with Crippen LogP contribution in [0.15, 0.2) is 18.2 Å². The summed E-state index contributed by atoms with van der Waals surface area (Å²) in [5.41, 5.74) is 1.15. The Morgan fingerprint density at radius 1 is 1.20 bits per heavy atom. The third-order valence-electron chi connectivity index (χ3n) is 4.99. The van der Waals surface area contributed by atoms with Crippen LogP contribution in [0.1, 0.15) is 37.8 Å². The number of rotatable bonds is 3. The van der Waals surface area contributed by atoms with Crippen molar-refractivity contribution in [3.8, 4) is 11.5 Å². The van der Waals surface area contributed by atoms with Crippen LogP contribution in [-0.2, 0) is 4.79 Å². The summed E-state index contributed by atoms with van der Waals surface area (Å²) in [6.45, 7) is 4.10. The van der Waals surface area contributed by atoms with Gasteiger partial charge in [-0.05, 0) is 25.1 Å². The summed E-state index contributed by atoms with van der Waals surface area (Å²) < 4.78 is 11.5. The van der Waals surface area contributed by atoms with E-state index in [4.69, 9.17) is 9.47 Å². The second kappa shape index (κ2) is 7.74. The first-order chi connectivity index (χ1) is 12.1. The van der Waals surface area contributed by atoms with Crippen molar-refractivity contribution >= 4 is 11.9 Å². The minimum atomic E-state index is -0.470. The molecule has 2 aliphatic heterocycles. The largest absolute Gasteiger partial charge is 0.490 e. The van der Waals surface area contributed by atoms with E-state index in [-0.39, 0.29) is 18.0 Å². The van der Waals surface area contributed by atoms with Crippen molar-refractivity contribution in [1.82, 2.24) is 10.6 Å². The smallest absolute Gasteiger partial charge is 0.321 e. The van der Waals surface area contributed by atoms with Gasteiger partial charge in [0.2, 0.25) is 0 Å². The Hall–Kier alpha value is -2.28. The third-order valence-corrected chi connectivity index (χ3v) is 4.99. The zero-order valence-electron chi connectivity index (χ0n) is 14.8. The molecule has 2 heterocycles. The molecule has 1 aromatic carbocycles. The summed E-state index contributed by atoms with van der Waals surface area (Å²) >= 11 is 0. The fourth-order valence-corrected chi connectivity index (χ4v) is 3.62. The molecule has 3 amide bonds. The van der Waals surface area contributed by atoms with Gasteiger partial charge in [-0.3, -0.25) is 10.1 Å². The molecule has 0 bridgehead atoms. The summed E-state index contributed by atoms with van der Waals surface area (Å²) in [6.07, 6.45) is 2.93. The molecule has 2 aliphatic rings. The molecular weight excluding hydrogens is 322 g/mol. The molecule has 0 spiro atoms. The van der Waals surface area contributed by atoms with E-state index in [2.05, 4.69) is 16.7 Å². The molecular formula is C18H26N3O4+. The quantitative estimate of drug-likeness (QED) is 0.739. The Kier molecular flexibility index (Phi) is 5.43. The highest BCUT2D eigenvalue weighted by Gasteiger charge is 2.37. The van der Waals surface area contributed by atoms with Crippen LogP contribution >= 0.6 is 0 Å². The van der Waals surface area contributed by atoms with Gasteiger partial charge in [0.15, 0.2) is 17.5 Å². The molecule has 1 fully saturated rings. The first kappa shape index (κ1) is 17.5. The van der Waals surface area contributed by atoms with Crippen molar-refractivity contribution in [1.29, 1.82) is 0 Å². The summed E-state index contributed by atoms with van der Waals surface area (Å²) in [5.74, 6) is 1.31. The predicted molar refractivity (Wildman–Crippen MR) is 91.9 cm³/mol. The molecule has 3 N–H and O–H groups in total. The van der Waals surface area contributed by atoms with E-state index >= 15 is 0 Å². The number of benzene rings is 1. The van der Waals surface area contributed by atoms with E-state index in [0.717, 1.165) is 42.9 Å². The Labute approximate surface area is 147 Å². The van der Waals surface area contributed by atoms with Gasteiger partial charge in [0.25, 0.3) is 5.91 Å². The highest BCUT2D eigenvalue weighted by molar-refractivity contribution is 5.96. The minimum absolute atomic E-state index is 0.211. The molecule has 0 aliphatic carbocycles. The van der Waals surface area contributed by atoms with Gasteiger partial charge in [-0.15, -0.1) is 0 Å². The fraction of sp³-hybridized carbons (Fsp3) is 0.556. The first-order valence-electron chi connectivity index (χ1n) is 8.88. The second-order valence-electron chi connectivity index (χ2n) is 6.57. The van der Waals surface area contributed by atoms with Gasteiger partial charge in [-0.1, -0.05) is 0 Å². The lowest BCUT2D eigenvalue weighted by Gasteiger charge is -2.27. The maximum Gasteiger partial charge on any atom is 0.321 e. The zero-order chi connectivity index (χ0) is 17.8. The average molecular weight is 348 g/mol. The van der Waals surface area contributed by atoms with Crippen molar-refractivity contribution in [2.45, 2.75) is 38.3 Å². The van der Waals surface area contributed by atoms with Crippen molar-refractivity contribution in [2.24, 2.45) is 0 Å². The maximum absolute atomic E-state index is 12.3. The van der Waals surface area contributed by atoms with Crippen molar-refractivity contribution in [3.63, 3.8) is 0 Å². The Morgan fingerprint density at radius 2 is 1.96 bits per heavy atom. The van der Waals surface area contributed by atoms with Gasteiger partial charge in [0.1, 0.15) is 6.04 Å². The summed E-state index contributed by atoms with van der Waals surface area (Å²) in [4.78, 5) is 24.9. The van der Waals surface area contributed by atoms with Crippen LogP contribution in [0.3, 0.4) is 0 Å². The van der Waals surface area contributed by atoms with E-state index < -0.39 is 6.03 Å². The number of fused-ring (bicyclic) bond motifs is 1. The molecule has 7 nitrogen and oxygen atoms in total. The second-order valence-corrected chi connectivity index (χ2v) is 6.57. The number of carbonyl (C=O) groups is 2.